The summed E-state index contributed by atoms with van der Waals surface area (Å²) < 4.78 is 5.50. The minimum absolute atomic E-state index is 0.0712. The molecule has 0 unspecified atom stereocenters. The zero-order valence-corrected chi connectivity index (χ0v) is 8.60. The zero-order chi connectivity index (χ0) is 11.7. The minimum atomic E-state index is -0.704. The highest BCUT2D eigenvalue weighted by atomic mass is 16.5. The van der Waals surface area contributed by atoms with Gasteiger partial charge in [0.05, 0.1) is 17.2 Å². The maximum absolute atomic E-state index is 11.3. The lowest BCUT2D eigenvalue weighted by atomic mass is 10.1. The molecule has 1 aliphatic carbocycles. The molecule has 84 valence electrons. The Hall–Kier alpha value is -2.04. The van der Waals surface area contributed by atoms with Crippen molar-refractivity contribution in [2.45, 2.75) is 18.9 Å². The number of hydrogen-bond acceptors (Lipinski definition) is 3. The van der Waals surface area contributed by atoms with Crippen molar-refractivity contribution in [1.29, 1.82) is 0 Å². The van der Waals surface area contributed by atoms with Crippen molar-refractivity contribution < 1.29 is 14.3 Å². The third-order valence-electron chi connectivity index (χ3n) is 2.36. The van der Waals surface area contributed by atoms with E-state index in [4.69, 9.17) is 16.2 Å². The number of nitrogens with two attached hydrogens (primary N) is 2. The molecular weight excluding hydrogens is 208 g/mol. The number of carbonyl (C=O) groups excluding carboxylic acids is 2. The number of ether oxygens (including phenoxy) is 1. The van der Waals surface area contributed by atoms with Gasteiger partial charge in [0.1, 0.15) is 5.75 Å². The van der Waals surface area contributed by atoms with Crippen LogP contribution in [-0.2, 0) is 0 Å². The number of carbonyl (C=O) groups is 2. The van der Waals surface area contributed by atoms with Crippen LogP contribution in [0.2, 0.25) is 0 Å². The van der Waals surface area contributed by atoms with E-state index in [1.807, 2.05) is 0 Å². The number of amides is 2. The Morgan fingerprint density at radius 3 is 2.38 bits per heavy atom. The van der Waals surface area contributed by atoms with Crippen molar-refractivity contribution in [3.05, 3.63) is 29.3 Å². The first kappa shape index (κ1) is 10.5. The van der Waals surface area contributed by atoms with Gasteiger partial charge < -0.3 is 16.2 Å². The van der Waals surface area contributed by atoms with Crippen molar-refractivity contribution in [2.75, 3.05) is 0 Å². The lowest BCUT2D eigenvalue weighted by Gasteiger charge is -2.10. The topological polar surface area (TPSA) is 95.4 Å². The fourth-order valence-corrected chi connectivity index (χ4v) is 1.45. The Balaban J connectivity index is 2.45. The van der Waals surface area contributed by atoms with Crippen LogP contribution in [0.1, 0.15) is 33.6 Å². The zero-order valence-electron chi connectivity index (χ0n) is 8.60. The molecule has 0 aromatic heterocycles. The Kier molecular flexibility index (Phi) is 2.52. The highest BCUT2D eigenvalue weighted by Gasteiger charge is 2.27. The molecule has 0 aliphatic heterocycles. The smallest absolute Gasteiger partial charge is 0.253 e. The molecule has 16 heavy (non-hydrogen) atoms. The van der Waals surface area contributed by atoms with E-state index in [2.05, 4.69) is 0 Å². The molecule has 1 aromatic carbocycles. The predicted molar refractivity (Wildman–Crippen MR) is 57.1 cm³/mol. The SMILES string of the molecule is NC(=O)c1cccc(OC2CC2)c1C(N)=O. The molecule has 0 bridgehead atoms. The quantitative estimate of drug-likeness (QED) is 0.769. The summed E-state index contributed by atoms with van der Waals surface area (Å²) in [6, 6.07) is 4.69. The van der Waals surface area contributed by atoms with E-state index < -0.39 is 11.8 Å². The van der Waals surface area contributed by atoms with Gasteiger partial charge in [0.2, 0.25) is 5.91 Å². The maximum Gasteiger partial charge on any atom is 0.253 e. The molecule has 0 heterocycles. The monoisotopic (exact) mass is 220 g/mol. The maximum atomic E-state index is 11.3. The first-order valence-electron chi connectivity index (χ1n) is 4.99. The number of rotatable bonds is 4. The first-order chi connectivity index (χ1) is 7.59. The van der Waals surface area contributed by atoms with E-state index in [1.54, 1.807) is 12.1 Å². The van der Waals surface area contributed by atoms with Gasteiger partial charge in [-0.2, -0.15) is 0 Å². The third kappa shape index (κ3) is 1.98. The molecule has 0 saturated heterocycles. The van der Waals surface area contributed by atoms with Gasteiger partial charge in [0.15, 0.2) is 0 Å². The van der Waals surface area contributed by atoms with Gasteiger partial charge in [0.25, 0.3) is 5.91 Å². The van der Waals surface area contributed by atoms with Crippen molar-refractivity contribution in [2.24, 2.45) is 11.5 Å². The Labute approximate surface area is 92.4 Å². The second-order valence-corrected chi connectivity index (χ2v) is 3.72. The summed E-state index contributed by atoms with van der Waals surface area (Å²) in [4.78, 5) is 22.4. The van der Waals surface area contributed by atoms with Gasteiger partial charge in [-0.3, -0.25) is 9.59 Å². The molecule has 1 fully saturated rings. The summed E-state index contributed by atoms with van der Waals surface area (Å²) in [5, 5.41) is 0. The molecule has 1 aliphatic rings. The van der Waals surface area contributed by atoms with E-state index in [9.17, 15) is 9.59 Å². The van der Waals surface area contributed by atoms with Crippen LogP contribution in [0.3, 0.4) is 0 Å². The number of hydrogen-bond donors (Lipinski definition) is 2. The second-order valence-electron chi connectivity index (χ2n) is 3.72. The van der Waals surface area contributed by atoms with Gasteiger partial charge in [-0.25, -0.2) is 0 Å². The van der Waals surface area contributed by atoms with E-state index in [0.29, 0.717) is 5.75 Å². The average molecular weight is 220 g/mol. The van der Waals surface area contributed by atoms with Crippen LogP contribution in [-0.4, -0.2) is 17.9 Å². The summed E-state index contributed by atoms with van der Waals surface area (Å²) in [5.74, 6) is -1.05. The standard InChI is InChI=1S/C11H12N2O3/c12-10(14)7-2-1-3-8(9(7)11(13)15)16-6-4-5-6/h1-3,6H,4-5H2,(H2,12,14)(H2,13,15). The molecule has 4 N–H and O–H groups in total. The number of primary amides is 2. The van der Waals surface area contributed by atoms with Crippen LogP contribution in [0.5, 0.6) is 5.75 Å². The Bertz CT molecular complexity index is 453. The molecule has 0 radical (unpaired) electrons. The summed E-state index contributed by atoms with van der Waals surface area (Å²) >= 11 is 0. The Morgan fingerprint density at radius 1 is 1.19 bits per heavy atom. The molecule has 5 nitrogen and oxygen atoms in total. The van der Waals surface area contributed by atoms with Gasteiger partial charge >= 0.3 is 0 Å². The van der Waals surface area contributed by atoms with Crippen LogP contribution in [0.25, 0.3) is 0 Å². The number of benzene rings is 1. The highest BCUT2D eigenvalue weighted by Crippen LogP contribution is 2.30. The Morgan fingerprint density at radius 2 is 1.88 bits per heavy atom. The first-order valence-corrected chi connectivity index (χ1v) is 4.99. The van der Waals surface area contributed by atoms with Crippen molar-refractivity contribution in [3.8, 4) is 5.75 Å². The molecule has 1 saturated carbocycles. The molecule has 0 spiro atoms. The summed E-state index contributed by atoms with van der Waals surface area (Å²) in [7, 11) is 0. The second kappa shape index (κ2) is 3.84. The molecule has 2 rings (SSSR count). The largest absolute Gasteiger partial charge is 0.490 e. The molecule has 0 atom stereocenters. The highest BCUT2D eigenvalue weighted by molar-refractivity contribution is 6.07. The van der Waals surface area contributed by atoms with Crippen LogP contribution < -0.4 is 16.2 Å². The fourth-order valence-electron chi connectivity index (χ4n) is 1.45. The van der Waals surface area contributed by atoms with Gasteiger partial charge in [-0.1, -0.05) is 6.07 Å². The van der Waals surface area contributed by atoms with Gasteiger partial charge in [0, 0.05) is 0 Å². The average Bonchev–Trinajstić information content (AvgIpc) is 3.00. The summed E-state index contributed by atoms with van der Waals surface area (Å²) in [6.45, 7) is 0. The normalized spacial score (nSPS) is 14.5. The molecule has 2 amide bonds. The lowest BCUT2D eigenvalue weighted by molar-refractivity contribution is 0.0963. The van der Waals surface area contributed by atoms with Crippen LogP contribution in [0.15, 0.2) is 18.2 Å². The van der Waals surface area contributed by atoms with Gasteiger partial charge in [-0.05, 0) is 25.0 Å². The van der Waals surface area contributed by atoms with Crippen LogP contribution >= 0.6 is 0 Å². The summed E-state index contributed by atoms with van der Waals surface area (Å²) in [5.41, 5.74) is 10.6. The van der Waals surface area contributed by atoms with Crippen molar-refractivity contribution in [3.63, 3.8) is 0 Å². The van der Waals surface area contributed by atoms with E-state index in [1.165, 1.54) is 6.07 Å². The lowest BCUT2D eigenvalue weighted by Crippen LogP contribution is -2.21. The van der Waals surface area contributed by atoms with E-state index >= 15 is 0 Å². The molecule has 5 heteroatoms. The van der Waals surface area contributed by atoms with E-state index in [-0.39, 0.29) is 17.2 Å². The third-order valence-corrected chi connectivity index (χ3v) is 2.36. The van der Waals surface area contributed by atoms with Crippen molar-refractivity contribution in [1.82, 2.24) is 0 Å². The molecule has 1 aromatic rings. The minimum Gasteiger partial charge on any atom is -0.490 e. The van der Waals surface area contributed by atoms with Gasteiger partial charge in [-0.15, -0.1) is 0 Å². The summed E-state index contributed by atoms with van der Waals surface area (Å²) in [6.07, 6.45) is 2.04. The predicted octanol–water partition coefficient (Wildman–Crippen LogP) is 0.426. The van der Waals surface area contributed by atoms with Crippen LogP contribution in [0.4, 0.5) is 0 Å². The van der Waals surface area contributed by atoms with Crippen molar-refractivity contribution >= 4 is 11.8 Å². The van der Waals surface area contributed by atoms with E-state index in [0.717, 1.165) is 12.8 Å². The fraction of sp³-hybridized carbons (Fsp3) is 0.273. The van der Waals surface area contributed by atoms with Crippen LogP contribution in [0, 0.1) is 0 Å². The molecular formula is C11H12N2O3.